The SMILES string of the molecule is CC(C)c1ccc(S(=O)(=O)N2CCC(C(=O)OCCCn3cnc4c(N)ncnc43)CC2)cc1. The average molecular weight is 487 g/mol. The number of aromatic nitrogens is 4. The van der Waals surface area contributed by atoms with Crippen LogP contribution >= 0.6 is 0 Å². The molecule has 10 nitrogen and oxygen atoms in total. The molecule has 0 amide bonds. The third kappa shape index (κ3) is 5.05. The first kappa shape index (κ1) is 24.1. The van der Waals surface area contributed by atoms with E-state index >= 15 is 0 Å². The van der Waals surface area contributed by atoms with Gasteiger partial charge in [0.25, 0.3) is 0 Å². The summed E-state index contributed by atoms with van der Waals surface area (Å²) in [4.78, 5) is 25.1. The summed E-state index contributed by atoms with van der Waals surface area (Å²) in [5.41, 5.74) is 8.09. The number of hydrogen-bond acceptors (Lipinski definition) is 8. The Hall–Kier alpha value is -3.05. The van der Waals surface area contributed by atoms with E-state index in [1.807, 2.05) is 16.7 Å². The number of carbonyl (C=O) groups excluding carboxylic acids is 1. The molecule has 0 radical (unpaired) electrons. The zero-order valence-corrected chi connectivity index (χ0v) is 20.2. The predicted octanol–water partition coefficient (Wildman–Crippen LogP) is 2.57. The number of aryl methyl sites for hydroxylation is 1. The minimum absolute atomic E-state index is 0.264. The number of nitrogen functional groups attached to an aromatic ring is 1. The lowest BCUT2D eigenvalue weighted by molar-refractivity contribution is -0.150. The number of anilines is 1. The van der Waals surface area contributed by atoms with Crippen LogP contribution in [0.25, 0.3) is 11.2 Å². The molecule has 1 aliphatic heterocycles. The van der Waals surface area contributed by atoms with Gasteiger partial charge in [-0.15, -0.1) is 0 Å². The second kappa shape index (κ2) is 10.1. The van der Waals surface area contributed by atoms with Gasteiger partial charge in [-0.25, -0.2) is 23.4 Å². The van der Waals surface area contributed by atoms with Gasteiger partial charge in [0.05, 0.1) is 23.7 Å². The van der Waals surface area contributed by atoms with E-state index in [-0.39, 0.29) is 23.4 Å². The number of piperidine rings is 1. The molecule has 0 saturated carbocycles. The van der Waals surface area contributed by atoms with Crippen molar-refractivity contribution in [3.63, 3.8) is 0 Å². The molecule has 0 aliphatic carbocycles. The highest BCUT2D eigenvalue weighted by Crippen LogP contribution is 2.26. The van der Waals surface area contributed by atoms with Crippen LogP contribution in [0.2, 0.25) is 0 Å². The summed E-state index contributed by atoms with van der Waals surface area (Å²) in [6.45, 7) is 5.58. The summed E-state index contributed by atoms with van der Waals surface area (Å²) >= 11 is 0. The Kier molecular flexibility index (Phi) is 7.13. The Balaban J connectivity index is 1.24. The average Bonchev–Trinajstić information content (AvgIpc) is 3.26. The van der Waals surface area contributed by atoms with E-state index in [0.29, 0.717) is 61.8 Å². The van der Waals surface area contributed by atoms with Crippen LogP contribution in [0.1, 0.15) is 44.6 Å². The molecule has 0 spiro atoms. The van der Waals surface area contributed by atoms with Crippen molar-refractivity contribution < 1.29 is 17.9 Å². The van der Waals surface area contributed by atoms with Gasteiger partial charge in [-0.05, 0) is 42.9 Å². The van der Waals surface area contributed by atoms with E-state index in [4.69, 9.17) is 10.5 Å². The molecule has 3 aromatic rings. The van der Waals surface area contributed by atoms with Crippen LogP contribution in [-0.4, -0.2) is 57.9 Å². The lowest BCUT2D eigenvalue weighted by atomic mass is 9.98. The second-order valence-electron chi connectivity index (χ2n) is 8.79. The maximum absolute atomic E-state index is 13.0. The monoisotopic (exact) mass is 486 g/mol. The van der Waals surface area contributed by atoms with Gasteiger partial charge in [0.1, 0.15) is 11.8 Å². The summed E-state index contributed by atoms with van der Waals surface area (Å²) in [7, 11) is -3.57. The maximum atomic E-state index is 13.0. The number of nitrogens with zero attached hydrogens (tertiary/aromatic N) is 5. The molecule has 1 aromatic carbocycles. The number of esters is 1. The van der Waals surface area contributed by atoms with Gasteiger partial charge in [0.15, 0.2) is 11.5 Å². The fourth-order valence-electron chi connectivity index (χ4n) is 4.09. The third-order valence-corrected chi connectivity index (χ3v) is 8.10. The first-order chi connectivity index (χ1) is 16.3. The Morgan fingerprint density at radius 1 is 1.15 bits per heavy atom. The molecular formula is C23H30N6O4S. The van der Waals surface area contributed by atoms with Crippen LogP contribution in [-0.2, 0) is 26.1 Å². The van der Waals surface area contributed by atoms with Crippen molar-refractivity contribution >= 4 is 33.0 Å². The summed E-state index contributed by atoms with van der Waals surface area (Å²) in [5, 5.41) is 0. The number of sulfonamides is 1. The Morgan fingerprint density at radius 2 is 1.85 bits per heavy atom. The van der Waals surface area contributed by atoms with Gasteiger partial charge in [0.2, 0.25) is 10.0 Å². The summed E-state index contributed by atoms with van der Waals surface area (Å²) in [5.74, 6) is 0.0958. The third-order valence-electron chi connectivity index (χ3n) is 6.19. The molecule has 182 valence electrons. The molecule has 0 unspecified atom stereocenters. The molecule has 0 atom stereocenters. The number of ether oxygens (including phenoxy) is 1. The van der Waals surface area contributed by atoms with Crippen molar-refractivity contribution in [2.75, 3.05) is 25.4 Å². The summed E-state index contributed by atoms with van der Waals surface area (Å²) < 4.78 is 34.7. The summed E-state index contributed by atoms with van der Waals surface area (Å²) in [6.07, 6.45) is 4.53. The first-order valence-corrected chi connectivity index (χ1v) is 12.9. The van der Waals surface area contributed by atoms with Crippen LogP contribution in [0.3, 0.4) is 0 Å². The van der Waals surface area contributed by atoms with Gasteiger partial charge < -0.3 is 15.0 Å². The highest BCUT2D eigenvalue weighted by Gasteiger charge is 2.32. The van der Waals surface area contributed by atoms with E-state index in [0.717, 1.165) is 5.56 Å². The van der Waals surface area contributed by atoms with Crippen LogP contribution in [0, 0.1) is 5.92 Å². The largest absolute Gasteiger partial charge is 0.465 e. The fraction of sp³-hybridized carbons (Fsp3) is 0.478. The van der Waals surface area contributed by atoms with Crippen LogP contribution in [0.4, 0.5) is 5.82 Å². The van der Waals surface area contributed by atoms with Gasteiger partial charge in [-0.3, -0.25) is 4.79 Å². The second-order valence-corrected chi connectivity index (χ2v) is 10.7. The standard InChI is InChI=1S/C23H30N6O4S/c1-16(2)17-4-6-19(7-5-17)34(31,32)29-11-8-18(9-12-29)23(30)33-13-3-10-28-15-27-20-21(24)25-14-26-22(20)28/h4-7,14-16,18H,3,8-13H2,1-2H3,(H2,24,25,26). The molecule has 3 heterocycles. The molecular weight excluding hydrogens is 456 g/mol. The minimum Gasteiger partial charge on any atom is -0.465 e. The lowest BCUT2D eigenvalue weighted by Gasteiger charge is -2.30. The molecule has 34 heavy (non-hydrogen) atoms. The first-order valence-electron chi connectivity index (χ1n) is 11.5. The number of carbonyl (C=O) groups is 1. The van der Waals surface area contributed by atoms with Gasteiger partial charge in [-0.2, -0.15) is 4.31 Å². The van der Waals surface area contributed by atoms with Crippen molar-refractivity contribution in [3.05, 3.63) is 42.5 Å². The molecule has 4 rings (SSSR count). The van der Waals surface area contributed by atoms with Crippen molar-refractivity contribution in [3.8, 4) is 0 Å². The van der Waals surface area contributed by atoms with Gasteiger partial charge in [-0.1, -0.05) is 26.0 Å². The smallest absolute Gasteiger partial charge is 0.309 e. The number of hydrogen-bond donors (Lipinski definition) is 1. The van der Waals surface area contributed by atoms with Crippen molar-refractivity contribution in [2.24, 2.45) is 5.92 Å². The van der Waals surface area contributed by atoms with E-state index in [1.54, 1.807) is 18.5 Å². The number of rotatable bonds is 8. The number of nitrogens with two attached hydrogens (primary N) is 1. The number of imidazole rings is 1. The van der Waals surface area contributed by atoms with Crippen molar-refractivity contribution in [1.82, 2.24) is 23.8 Å². The van der Waals surface area contributed by atoms with Crippen molar-refractivity contribution in [2.45, 2.75) is 50.5 Å². The van der Waals surface area contributed by atoms with Crippen LogP contribution < -0.4 is 5.73 Å². The van der Waals surface area contributed by atoms with Crippen molar-refractivity contribution in [1.29, 1.82) is 0 Å². The Labute approximate surface area is 199 Å². The van der Waals surface area contributed by atoms with Crippen LogP contribution in [0.5, 0.6) is 0 Å². The molecule has 1 saturated heterocycles. The number of fused-ring (bicyclic) bond motifs is 1. The molecule has 2 N–H and O–H groups in total. The van der Waals surface area contributed by atoms with Gasteiger partial charge in [0, 0.05) is 19.6 Å². The molecule has 1 aliphatic rings. The highest BCUT2D eigenvalue weighted by molar-refractivity contribution is 7.89. The number of benzene rings is 1. The predicted molar refractivity (Wildman–Crippen MR) is 127 cm³/mol. The molecule has 2 aromatic heterocycles. The maximum Gasteiger partial charge on any atom is 0.309 e. The van der Waals surface area contributed by atoms with E-state index in [1.165, 1.54) is 10.6 Å². The van der Waals surface area contributed by atoms with E-state index in [2.05, 4.69) is 28.8 Å². The van der Waals surface area contributed by atoms with E-state index in [9.17, 15) is 13.2 Å². The normalized spacial score (nSPS) is 15.7. The minimum atomic E-state index is -3.57. The summed E-state index contributed by atoms with van der Waals surface area (Å²) in [6, 6.07) is 7.04. The Bertz CT molecular complexity index is 1250. The Morgan fingerprint density at radius 3 is 2.53 bits per heavy atom. The quantitative estimate of drug-likeness (QED) is 0.379. The van der Waals surface area contributed by atoms with E-state index < -0.39 is 10.0 Å². The molecule has 11 heteroatoms. The lowest BCUT2D eigenvalue weighted by Crippen LogP contribution is -2.40. The zero-order valence-electron chi connectivity index (χ0n) is 19.4. The molecule has 0 bridgehead atoms. The highest BCUT2D eigenvalue weighted by atomic mass is 32.2. The van der Waals surface area contributed by atoms with Gasteiger partial charge >= 0.3 is 5.97 Å². The fourth-order valence-corrected chi connectivity index (χ4v) is 5.56. The molecule has 1 fully saturated rings. The van der Waals surface area contributed by atoms with Crippen LogP contribution in [0.15, 0.2) is 41.8 Å². The topological polar surface area (TPSA) is 133 Å². The zero-order chi connectivity index (χ0) is 24.3.